The van der Waals surface area contributed by atoms with Gasteiger partial charge < -0.3 is 18.9 Å². The van der Waals surface area contributed by atoms with E-state index in [9.17, 15) is 24.4 Å². The minimum atomic E-state index is -1.11. The average molecular weight is 500 g/mol. The largest absolute Gasteiger partial charge is 0.463 e. The fourth-order valence-corrected chi connectivity index (χ4v) is 5.40. The molecule has 0 N–H and O–H groups in total. The van der Waals surface area contributed by atoms with Gasteiger partial charge in [0.2, 0.25) is 0 Å². The highest BCUT2D eigenvalue weighted by Crippen LogP contribution is 2.49. The first-order chi connectivity index (χ1) is 16.7. The molecule has 2 aliphatic heterocycles. The van der Waals surface area contributed by atoms with Crippen molar-refractivity contribution in [3.05, 3.63) is 40.4 Å². The number of esters is 3. The van der Waals surface area contributed by atoms with Crippen LogP contribution in [0, 0.1) is 11.3 Å². The molecule has 1 fully saturated rings. The molecule has 5 atom stereocenters. The van der Waals surface area contributed by atoms with Gasteiger partial charge in [-0.3, -0.25) is 28.7 Å². The summed E-state index contributed by atoms with van der Waals surface area (Å²) in [5, 5.41) is 9.26. The molecule has 182 valence electrons. The lowest BCUT2D eigenvalue weighted by Crippen LogP contribution is -2.57. The van der Waals surface area contributed by atoms with E-state index in [0.29, 0.717) is 5.56 Å². The lowest BCUT2D eigenvalue weighted by molar-refractivity contribution is -0.223. The Labute approximate surface area is 203 Å². The number of nitriles is 1. The van der Waals surface area contributed by atoms with Gasteiger partial charge in [0.05, 0.1) is 10.9 Å². The SMILES string of the molecule is CC(=O)OC[C@H]1O[C@@H]2[C@@H](Sc3nc(=O)c(C#N)c(-c4cccnc4)n32)[C@@H](OC(C)=O)[C@@H]1OC(C)=O. The molecule has 1 saturated heterocycles. The van der Waals surface area contributed by atoms with E-state index in [1.165, 1.54) is 27.0 Å². The van der Waals surface area contributed by atoms with E-state index in [-0.39, 0.29) is 23.0 Å². The summed E-state index contributed by atoms with van der Waals surface area (Å²) in [5.74, 6) is -1.88. The maximum Gasteiger partial charge on any atom is 0.303 e. The summed E-state index contributed by atoms with van der Waals surface area (Å²) < 4.78 is 23.9. The van der Waals surface area contributed by atoms with Crippen LogP contribution in [0.25, 0.3) is 11.3 Å². The molecule has 0 amide bonds. The third kappa shape index (κ3) is 4.75. The summed E-state index contributed by atoms with van der Waals surface area (Å²) in [4.78, 5) is 56.2. The summed E-state index contributed by atoms with van der Waals surface area (Å²) in [6.45, 7) is 3.31. The zero-order valence-electron chi connectivity index (χ0n) is 18.9. The van der Waals surface area contributed by atoms with E-state index < -0.39 is 53.3 Å². The molecule has 0 unspecified atom stereocenters. The Kier molecular flexibility index (Phi) is 6.86. The summed E-state index contributed by atoms with van der Waals surface area (Å²) in [5.41, 5.74) is -0.248. The van der Waals surface area contributed by atoms with Gasteiger partial charge in [0, 0.05) is 38.7 Å². The number of ether oxygens (including phenoxy) is 4. The van der Waals surface area contributed by atoms with Gasteiger partial charge in [-0.1, -0.05) is 11.8 Å². The molecule has 0 aliphatic carbocycles. The van der Waals surface area contributed by atoms with Crippen molar-refractivity contribution in [2.24, 2.45) is 0 Å². The quantitative estimate of drug-likeness (QED) is 0.326. The van der Waals surface area contributed by atoms with Crippen molar-refractivity contribution < 1.29 is 33.3 Å². The molecule has 0 aromatic carbocycles. The molecule has 35 heavy (non-hydrogen) atoms. The van der Waals surface area contributed by atoms with Crippen LogP contribution in [-0.4, -0.2) is 62.6 Å². The van der Waals surface area contributed by atoms with E-state index in [4.69, 9.17) is 18.9 Å². The second-order valence-electron chi connectivity index (χ2n) is 7.74. The number of thioether (sulfide) groups is 1. The zero-order valence-corrected chi connectivity index (χ0v) is 19.7. The Morgan fingerprint density at radius 3 is 2.49 bits per heavy atom. The van der Waals surface area contributed by atoms with Crippen molar-refractivity contribution in [3.63, 3.8) is 0 Å². The van der Waals surface area contributed by atoms with Gasteiger partial charge in [-0.05, 0) is 12.1 Å². The van der Waals surface area contributed by atoms with Crippen LogP contribution in [0.15, 0.2) is 34.5 Å². The predicted molar refractivity (Wildman–Crippen MR) is 118 cm³/mol. The fourth-order valence-electron chi connectivity index (χ4n) is 4.06. The van der Waals surface area contributed by atoms with Crippen molar-refractivity contribution in [2.45, 2.75) is 55.7 Å². The number of hydrogen-bond acceptors (Lipinski definition) is 12. The molecule has 13 heteroatoms. The third-order valence-electron chi connectivity index (χ3n) is 5.30. The van der Waals surface area contributed by atoms with Gasteiger partial charge in [0.25, 0.3) is 5.56 Å². The summed E-state index contributed by atoms with van der Waals surface area (Å²) in [6, 6.07) is 5.23. The normalized spacial score (nSPS) is 24.5. The fraction of sp³-hybridized carbons (Fsp3) is 0.409. The molecule has 0 bridgehead atoms. The van der Waals surface area contributed by atoms with E-state index in [0.717, 1.165) is 11.8 Å². The average Bonchev–Trinajstić information content (AvgIpc) is 3.15. The smallest absolute Gasteiger partial charge is 0.303 e. The Morgan fingerprint density at radius 1 is 1.17 bits per heavy atom. The van der Waals surface area contributed by atoms with Gasteiger partial charge in [0.15, 0.2) is 23.6 Å². The lowest BCUT2D eigenvalue weighted by Gasteiger charge is -2.42. The van der Waals surface area contributed by atoms with Crippen LogP contribution in [0.1, 0.15) is 32.6 Å². The van der Waals surface area contributed by atoms with Crippen molar-refractivity contribution in [1.82, 2.24) is 14.5 Å². The minimum Gasteiger partial charge on any atom is -0.463 e. The first-order valence-corrected chi connectivity index (χ1v) is 11.4. The number of rotatable bonds is 5. The van der Waals surface area contributed by atoms with Crippen LogP contribution in [0.5, 0.6) is 0 Å². The second kappa shape index (κ2) is 9.85. The number of pyridine rings is 1. The number of fused-ring (bicyclic) bond motifs is 3. The molecule has 2 aromatic heterocycles. The Bertz CT molecular complexity index is 1270. The summed E-state index contributed by atoms with van der Waals surface area (Å²) >= 11 is 1.09. The Hall–Kier alpha value is -3.76. The molecule has 0 radical (unpaired) electrons. The number of hydrogen-bond donors (Lipinski definition) is 0. The van der Waals surface area contributed by atoms with Crippen molar-refractivity contribution in [3.8, 4) is 17.3 Å². The van der Waals surface area contributed by atoms with Gasteiger partial charge in [0.1, 0.15) is 24.3 Å². The number of carbonyl (C=O) groups excluding carboxylic acids is 3. The maximum absolute atomic E-state index is 12.7. The Balaban J connectivity index is 1.88. The zero-order chi connectivity index (χ0) is 25.3. The standard InChI is InChI=1S/C22H20N4O8S/c1-10(27)31-9-15-17(32-11(2)28)18(33-12(3)29)19-21(34-15)26-16(13-5-4-6-24-8-13)14(7-23)20(30)25-22(26)35-19/h4-6,8,15,17-19,21H,9H2,1-3H3/t15-,17-,18+,19+,21-/m1/s1. The minimum absolute atomic E-state index is 0.214. The number of nitrogens with zero attached hydrogens (tertiary/aromatic N) is 4. The van der Waals surface area contributed by atoms with E-state index >= 15 is 0 Å². The molecule has 12 nitrogen and oxygen atoms in total. The molecule has 0 saturated carbocycles. The highest BCUT2D eigenvalue weighted by Gasteiger charge is 2.55. The predicted octanol–water partition coefficient (Wildman–Crippen LogP) is 0.975. The summed E-state index contributed by atoms with van der Waals surface area (Å²) in [7, 11) is 0. The van der Waals surface area contributed by atoms with Crippen molar-refractivity contribution in [1.29, 1.82) is 5.26 Å². The highest BCUT2D eigenvalue weighted by atomic mass is 32.2. The molecule has 4 rings (SSSR count). The molecular weight excluding hydrogens is 480 g/mol. The lowest BCUT2D eigenvalue weighted by atomic mass is 9.99. The van der Waals surface area contributed by atoms with Gasteiger partial charge in [-0.2, -0.15) is 10.2 Å². The molecule has 2 aliphatic rings. The topological polar surface area (TPSA) is 160 Å². The van der Waals surface area contributed by atoms with E-state index in [2.05, 4.69) is 9.97 Å². The molecular formula is C22H20N4O8S. The highest BCUT2D eigenvalue weighted by molar-refractivity contribution is 8.00. The number of carbonyl (C=O) groups is 3. The first-order valence-electron chi connectivity index (χ1n) is 10.5. The Morgan fingerprint density at radius 2 is 1.89 bits per heavy atom. The van der Waals surface area contributed by atoms with Crippen LogP contribution in [0.2, 0.25) is 0 Å². The first kappa shape index (κ1) is 24.4. The molecule has 0 spiro atoms. The monoisotopic (exact) mass is 500 g/mol. The van der Waals surface area contributed by atoms with Crippen LogP contribution in [0.3, 0.4) is 0 Å². The second-order valence-corrected chi connectivity index (χ2v) is 8.89. The third-order valence-corrected chi connectivity index (χ3v) is 6.57. The van der Waals surface area contributed by atoms with Crippen LogP contribution >= 0.6 is 11.8 Å². The van der Waals surface area contributed by atoms with Crippen LogP contribution < -0.4 is 5.56 Å². The van der Waals surface area contributed by atoms with Gasteiger partial charge >= 0.3 is 17.9 Å². The number of aromatic nitrogens is 3. The van der Waals surface area contributed by atoms with E-state index in [1.807, 2.05) is 6.07 Å². The summed E-state index contributed by atoms with van der Waals surface area (Å²) in [6.07, 6.45) is -1.04. The maximum atomic E-state index is 12.7. The van der Waals surface area contributed by atoms with Crippen molar-refractivity contribution >= 4 is 29.7 Å². The van der Waals surface area contributed by atoms with Crippen molar-refractivity contribution in [2.75, 3.05) is 6.61 Å². The van der Waals surface area contributed by atoms with Gasteiger partial charge in [-0.25, -0.2) is 0 Å². The molecule has 4 heterocycles. The van der Waals surface area contributed by atoms with Crippen LogP contribution in [-0.2, 0) is 33.3 Å². The van der Waals surface area contributed by atoms with E-state index in [1.54, 1.807) is 22.9 Å². The van der Waals surface area contributed by atoms with Gasteiger partial charge in [-0.15, -0.1) is 0 Å². The molecule has 2 aromatic rings. The van der Waals surface area contributed by atoms with Crippen LogP contribution in [0.4, 0.5) is 0 Å².